The van der Waals surface area contributed by atoms with Gasteiger partial charge in [0.1, 0.15) is 5.75 Å². The summed E-state index contributed by atoms with van der Waals surface area (Å²) < 4.78 is 102. The van der Waals surface area contributed by atoms with Crippen LogP contribution in [0.2, 0.25) is 0 Å². The fourth-order valence-corrected chi connectivity index (χ4v) is 6.29. The molecule has 0 atom stereocenters. The number of amides is 1. The molecule has 6 rings (SSSR count). The average molecular weight is 580 g/mol. The van der Waals surface area contributed by atoms with Crippen molar-refractivity contribution in [3.63, 3.8) is 0 Å². The monoisotopic (exact) mass is 579 g/mol. The Morgan fingerprint density at radius 1 is 1.12 bits per heavy atom. The van der Waals surface area contributed by atoms with Crippen LogP contribution in [0.4, 0.5) is 36.4 Å². The predicted molar refractivity (Wildman–Crippen MR) is 125 cm³/mol. The van der Waals surface area contributed by atoms with Crippen molar-refractivity contribution >= 4 is 11.6 Å². The van der Waals surface area contributed by atoms with E-state index in [1.807, 2.05) is 0 Å². The summed E-state index contributed by atoms with van der Waals surface area (Å²) in [6.45, 7) is -2.35. The number of carbonyl (C=O) groups excluding carboxylic acids is 1. The van der Waals surface area contributed by atoms with E-state index >= 15 is 0 Å². The number of benzene rings is 1. The first-order valence-corrected chi connectivity index (χ1v) is 12.9. The number of anilines is 1. The van der Waals surface area contributed by atoms with Crippen molar-refractivity contribution in [3.8, 4) is 5.75 Å². The maximum atomic E-state index is 13.7. The topological polar surface area (TPSA) is 88.7 Å². The number of carbonyl (C=O) groups is 1. The summed E-state index contributed by atoms with van der Waals surface area (Å²) in [5, 5.41) is 13.7. The Morgan fingerprint density at radius 3 is 2.27 bits per heavy atom. The van der Waals surface area contributed by atoms with Gasteiger partial charge in [-0.1, -0.05) is 11.2 Å². The highest BCUT2D eigenvalue weighted by atomic mass is 19.4. The summed E-state index contributed by atoms with van der Waals surface area (Å²) in [5.74, 6) is -5.80. The lowest BCUT2D eigenvalue weighted by molar-refractivity contribution is -0.295. The van der Waals surface area contributed by atoms with E-state index in [-0.39, 0.29) is 23.8 Å². The Bertz CT molecular complexity index is 1230. The first kappa shape index (κ1) is 28.6. The Labute approximate surface area is 224 Å². The molecule has 40 heavy (non-hydrogen) atoms. The second-order valence-electron chi connectivity index (χ2n) is 11.5. The van der Waals surface area contributed by atoms with Crippen LogP contribution in [0.3, 0.4) is 0 Å². The van der Waals surface area contributed by atoms with Crippen molar-refractivity contribution in [1.82, 2.24) is 10.1 Å². The maximum absolute atomic E-state index is 13.7. The molecule has 4 fully saturated rings. The molecule has 2 aromatic rings. The van der Waals surface area contributed by atoms with Gasteiger partial charge in [0.2, 0.25) is 5.91 Å². The molecular formula is C26H28F7N3O4. The van der Waals surface area contributed by atoms with Crippen LogP contribution in [0, 0.1) is 11.3 Å². The van der Waals surface area contributed by atoms with Gasteiger partial charge in [0.05, 0.1) is 0 Å². The molecule has 14 heteroatoms. The van der Waals surface area contributed by atoms with Gasteiger partial charge >= 0.3 is 18.7 Å². The molecule has 0 unspecified atom stereocenters. The van der Waals surface area contributed by atoms with Gasteiger partial charge in [-0.2, -0.15) is 35.7 Å². The molecule has 0 aliphatic heterocycles. The number of rotatable bonds is 8. The number of nitrogens with zero attached hydrogens (tertiary/aromatic N) is 3. The molecule has 1 N–H and O–H groups in total. The number of hydrogen-bond donors (Lipinski definition) is 1. The molecule has 0 spiro atoms. The summed E-state index contributed by atoms with van der Waals surface area (Å²) in [6.07, 6.45) is -3.26. The zero-order valence-corrected chi connectivity index (χ0v) is 21.5. The van der Waals surface area contributed by atoms with Crippen LogP contribution in [-0.2, 0) is 16.1 Å². The minimum Gasteiger partial charge on any atom is -0.435 e. The van der Waals surface area contributed by atoms with E-state index in [4.69, 9.17) is 4.52 Å². The van der Waals surface area contributed by atoms with E-state index in [2.05, 4.69) is 14.9 Å². The second-order valence-corrected chi connectivity index (χ2v) is 11.5. The maximum Gasteiger partial charge on any atom is 0.417 e. The largest absolute Gasteiger partial charge is 0.435 e. The number of alkyl halides is 7. The molecule has 4 saturated carbocycles. The van der Waals surface area contributed by atoms with Crippen molar-refractivity contribution < 1.29 is 49.9 Å². The molecule has 1 aromatic heterocycles. The Balaban J connectivity index is 1.37. The summed E-state index contributed by atoms with van der Waals surface area (Å²) in [7, 11) is 0. The van der Waals surface area contributed by atoms with Gasteiger partial charge in [-0.15, -0.1) is 0 Å². The number of aliphatic hydroxyl groups is 1. The molecule has 1 amide bonds. The smallest absolute Gasteiger partial charge is 0.417 e. The second kappa shape index (κ2) is 9.59. The summed E-state index contributed by atoms with van der Waals surface area (Å²) in [4.78, 5) is 18.8. The van der Waals surface area contributed by atoms with Crippen molar-refractivity contribution in [2.24, 2.45) is 11.3 Å². The Hall–Kier alpha value is -2.90. The third kappa shape index (κ3) is 5.14. The third-order valence-electron chi connectivity index (χ3n) is 8.84. The third-order valence-corrected chi connectivity index (χ3v) is 8.84. The van der Waals surface area contributed by atoms with E-state index in [9.17, 15) is 40.6 Å². The van der Waals surface area contributed by atoms with Gasteiger partial charge in [0.15, 0.2) is 11.4 Å². The summed E-state index contributed by atoms with van der Waals surface area (Å²) in [6, 6.07) is 5.40. The van der Waals surface area contributed by atoms with Crippen LogP contribution in [0.15, 0.2) is 28.8 Å². The quantitative estimate of drug-likeness (QED) is 0.380. The SMILES string of the molecule is CC(F)(F)c1nc(C23CCC(CN(C(=O)C4CC(O)(C(F)(F)F)C4)c4cccc(OC(F)F)c4)(CC2)CC3)no1. The standard InChI is InChI=1S/C26H28F7N3O4/c1-22(29,30)20-34-19(35-40-20)24-8-5-23(6-9-24,7-10-24)14-36(16-3-2-4-17(11-16)39-21(27)28)18(37)15-12-25(38,13-15)26(31,32)33/h2-4,11,15,21,38H,5-10,12-14H2,1H3. The average Bonchev–Trinajstić information content (AvgIpc) is 3.37. The van der Waals surface area contributed by atoms with Crippen LogP contribution in [0.5, 0.6) is 5.75 Å². The first-order chi connectivity index (χ1) is 18.5. The van der Waals surface area contributed by atoms with Crippen LogP contribution in [0.25, 0.3) is 0 Å². The minimum atomic E-state index is -4.88. The molecule has 2 bridgehead atoms. The highest BCUT2D eigenvalue weighted by molar-refractivity contribution is 5.96. The number of aromatic nitrogens is 2. The van der Waals surface area contributed by atoms with E-state index < -0.39 is 65.7 Å². The van der Waals surface area contributed by atoms with Gasteiger partial charge in [-0.25, -0.2) is 0 Å². The Kier molecular flexibility index (Phi) is 6.86. The predicted octanol–water partition coefficient (Wildman–Crippen LogP) is 6.11. The lowest BCUT2D eigenvalue weighted by Crippen LogP contribution is -2.60. The fraction of sp³-hybridized carbons (Fsp3) is 0.654. The summed E-state index contributed by atoms with van der Waals surface area (Å²) >= 11 is 0. The molecule has 4 aliphatic carbocycles. The zero-order chi connectivity index (χ0) is 29.1. The van der Waals surface area contributed by atoms with Crippen LogP contribution in [-0.4, -0.2) is 46.1 Å². The highest BCUT2D eigenvalue weighted by Gasteiger charge is 2.63. The van der Waals surface area contributed by atoms with E-state index in [1.165, 1.54) is 29.2 Å². The van der Waals surface area contributed by atoms with Crippen LogP contribution >= 0.6 is 0 Å². The van der Waals surface area contributed by atoms with Crippen molar-refractivity contribution in [2.75, 3.05) is 11.4 Å². The minimum absolute atomic E-state index is 0.103. The normalized spacial score (nSPS) is 30.3. The van der Waals surface area contributed by atoms with Gasteiger partial charge < -0.3 is 19.3 Å². The first-order valence-electron chi connectivity index (χ1n) is 12.9. The van der Waals surface area contributed by atoms with Gasteiger partial charge in [-0.05, 0) is 68.9 Å². The lowest BCUT2D eigenvalue weighted by atomic mass is 9.53. The fourth-order valence-electron chi connectivity index (χ4n) is 6.29. The molecule has 4 aliphatic rings. The van der Waals surface area contributed by atoms with Gasteiger partial charge in [-0.3, -0.25) is 4.79 Å². The van der Waals surface area contributed by atoms with Gasteiger partial charge in [0.25, 0.3) is 5.89 Å². The van der Waals surface area contributed by atoms with Crippen molar-refractivity contribution in [3.05, 3.63) is 36.0 Å². The van der Waals surface area contributed by atoms with E-state index in [0.29, 0.717) is 45.4 Å². The molecule has 220 valence electrons. The van der Waals surface area contributed by atoms with Gasteiger partial charge in [0, 0.05) is 36.6 Å². The molecular weight excluding hydrogens is 551 g/mol. The van der Waals surface area contributed by atoms with Crippen LogP contribution in [0.1, 0.15) is 70.0 Å². The molecule has 1 aromatic carbocycles. The number of hydrogen-bond acceptors (Lipinski definition) is 6. The van der Waals surface area contributed by atoms with Crippen molar-refractivity contribution in [2.45, 2.75) is 88.0 Å². The molecule has 0 radical (unpaired) electrons. The lowest BCUT2D eigenvalue weighted by Gasteiger charge is -2.54. The summed E-state index contributed by atoms with van der Waals surface area (Å²) in [5.41, 5.74) is -3.78. The number of fused-ring (bicyclic) bond motifs is 3. The van der Waals surface area contributed by atoms with E-state index in [1.54, 1.807) is 0 Å². The number of halogens is 7. The zero-order valence-electron chi connectivity index (χ0n) is 21.5. The van der Waals surface area contributed by atoms with Crippen molar-refractivity contribution in [1.29, 1.82) is 0 Å². The van der Waals surface area contributed by atoms with Crippen LogP contribution < -0.4 is 9.64 Å². The molecule has 0 saturated heterocycles. The molecule has 7 nitrogen and oxygen atoms in total. The highest BCUT2D eigenvalue weighted by Crippen LogP contribution is 2.58. The molecule has 1 heterocycles. The van der Waals surface area contributed by atoms with E-state index in [0.717, 1.165) is 0 Å². The number of ether oxygens (including phenoxy) is 1. The Morgan fingerprint density at radius 2 is 1.75 bits per heavy atom.